The number of pyridine rings is 1. The molecular formula is C11H12F3NO2. The molecule has 0 spiro atoms. The first-order chi connectivity index (χ1) is 7.95. The van der Waals surface area contributed by atoms with Gasteiger partial charge in [0.1, 0.15) is 0 Å². The van der Waals surface area contributed by atoms with E-state index in [-0.39, 0.29) is 23.4 Å². The third-order valence-electron chi connectivity index (χ3n) is 2.15. The van der Waals surface area contributed by atoms with Crippen molar-refractivity contribution in [1.29, 1.82) is 0 Å². The second kappa shape index (κ2) is 5.65. The van der Waals surface area contributed by atoms with E-state index < -0.39 is 24.8 Å². The van der Waals surface area contributed by atoms with Crippen LogP contribution < -0.4 is 0 Å². The van der Waals surface area contributed by atoms with E-state index in [0.717, 1.165) is 6.07 Å². The minimum Gasteiger partial charge on any atom is -0.466 e. The van der Waals surface area contributed by atoms with Crippen LogP contribution >= 0.6 is 0 Å². The predicted octanol–water partition coefficient (Wildman–Crippen LogP) is 2.57. The third-order valence-corrected chi connectivity index (χ3v) is 2.15. The van der Waals surface area contributed by atoms with Crippen LogP contribution in [0.4, 0.5) is 13.2 Å². The summed E-state index contributed by atoms with van der Waals surface area (Å²) in [7, 11) is 0. The molecule has 0 unspecified atom stereocenters. The Kier molecular flexibility index (Phi) is 4.48. The number of esters is 1. The molecule has 0 atom stereocenters. The minimum atomic E-state index is -2.75. The molecular weight excluding hydrogens is 235 g/mol. The highest BCUT2D eigenvalue weighted by atomic mass is 19.3. The van der Waals surface area contributed by atoms with E-state index in [1.165, 1.54) is 6.92 Å². The summed E-state index contributed by atoms with van der Waals surface area (Å²) in [5, 5.41) is 0. The number of carbonyl (C=O) groups is 1. The van der Waals surface area contributed by atoms with Crippen LogP contribution in [0, 0.1) is 12.9 Å². The van der Waals surface area contributed by atoms with Crippen molar-refractivity contribution < 1.29 is 22.7 Å². The number of aromatic nitrogens is 1. The van der Waals surface area contributed by atoms with Gasteiger partial charge < -0.3 is 4.74 Å². The molecule has 94 valence electrons. The van der Waals surface area contributed by atoms with Gasteiger partial charge in [-0.2, -0.15) is 4.39 Å². The average Bonchev–Trinajstić information content (AvgIpc) is 2.21. The fourth-order valence-electron chi connectivity index (χ4n) is 1.35. The summed E-state index contributed by atoms with van der Waals surface area (Å²) in [5.41, 5.74) is -0.625. The van der Waals surface area contributed by atoms with Gasteiger partial charge in [0.25, 0.3) is 6.43 Å². The number of alkyl halides is 2. The van der Waals surface area contributed by atoms with E-state index in [0.29, 0.717) is 0 Å². The lowest BCUT2D eigenvalue weighted by molar-refractivity contribution is -0.142. The van der Waals surface area contributed by atoms with Crippen molar-refractivity contribution in [2.75, 3.05) is 6.61 Å². The Balaban J connectivity index is 2.99. The van der Waals surface area contributed by atoms with Gasteiger partial charge in [-0.25, -0.2) is 13.8 Å². The second-order valence-electron chi connectivity index (χ2n) is 3.40. The summed E-state index contributed by atoms with van der Waals surface area (Å²) in [6, 6.07) is 0.958. The standard InChI is InChI=1S/C11H12F3NO2/c1-3-17-9(16)5-7-4-8(10(12)13)6(2)15-11(7)14/h4,10H,3,5H2,1-2H3. The number of nitrogens with zero attached hydrogens (tertiary/aromatic N) is 1. The lowest BCUT2D eigenvalue weighted by Gasteiger charge is -2.08. The Morgan fingerprint density at radius 3 is 2.71 bits per heavy atom. The molecule has 0 radical (unpaired) electrons. The van der Waals surface area contributed by atoms with Crippen LogP contribution in [0.5, 0.6) is 0 Å². The molecule has 1 aromatic rings. The van der Waals surface area contributed by atoms with Crippen molar-refractivity contribution in [3.63, 3.8) is 0 Å². The molecule has 1 heterocycles. The van der Waals surface area contributed by atoms with Crippen LogP contribution in [-0.2, 0) is 16.0 Å². The van der Waals surface area contributed by atoms with Gasteiger partial charge in [0, 0.05) is 16.8 Å². The van der Waals surface area contributed by atoms with Gasteiger partial charge in [-0.05, 0) is 19.9 Å². The van der Waals surface area contributed by atoms with Gasteiger partial charge >= 0.3 is 5.97 Å². The van der Waals surface area contributed by atoms with Gasteiger partial charge in [-0.3, -0.25) is 4.79 Å². The molecule has 0 amide bonds. The van der Waals surface area contributed by atoms with Crippen molar-refractivity contribution in [1.82, 2.24) is 4.98 Å². The van der Waals surface area contributed by atoms with Gasteiger partial charge in [0.15, 0.2) is 0 Å². The number of rotatable bonds is 4. The smallest absolute Gasteiger partial charge is 0.310 e. The summed E-state index contributed by atoms with van der Waals surface area (Å²) in [4.78, 5) is 14.5. The second-order valence-corrected chi connectivity index (χ2v) is 3.40. The molecule has 3 nitrogen and oxygen atoms in total. The molecule has 0 bridgehead atoms. The van der Waals surface area contributed by atoms with E-state index in [9.17, 15) is 18.0 Å². The molecule has 0 aromatic carbocycles. The molecule has 17 heavy (non-hydrogen) atoms. The average molecular weight is 247 g/mol. The van der Waals surface area contributed by atoms with Crippen LogP contribution in [0.25, 0.3) is 0 Å². The number of hydrogen-bond donors (Lipinski definition) is 0. The van der Waals surface area contributed by atoms with Crippen molar-refractivity contribution >= 4 is 5.97 Å². The maximum Gasteiger partial charge on any atom is 0.310 e. The van der Waals surface area contributed by atoms with Gasteiger partial charge in [-0.15, -0.1) is 0 Å². The van der Waals surface area contributed by atoms with Crippen LogP contribution in [0.2, 0.25) is 0 Å². The number of halogens is 3. The summed E-state index contributed by atoms with van der Waals surface area (Å²) < 4.78 is 43.0. The SMILES string of the molecule is CCOC(=O)Cc1cc(C(F)F)c(C)nc1F. The van der Waals surface area contributed by atoms with Crippen molar-refractivity contribution in [2.24, 2.45) is 0 Å². The van der Waals surface area contributed by atoms with Crippen molar-refractivity contribution in [3.05, 3.63) is 28.8 Å². The molecule has 1 rings (SSSR count). The van der Waals surface area contributed by atoms with Gasteiger partial charge in [0.05, 0.1) is 13.0 Å². The Morgan fingerprint density at radius 1 is 1.53 bits per heavy atom. The number of aryl methyl sites for hydroxylation is 1. The zero-order valence-corrected chi connectivity index (χ0v) is 9.47. The molecule has 0 saturated heterocycles. The molecule has 0 saturated carbocycles. The van der Waals surface area contributed by atoms with Crippen LogP contribution in [0.15, 0.2) is 6.07 Å². The zero-order chi connectivity index (χ0) is 13.0. The molecule has 0 N–H and O–H groups in total. The molecule has 6 heteroatoms. The van der Waals surface area contributed by atoms with E-state index in [2.05, 4.69) is 9.72 Å². The maximum atomic E-state index is 13.3. The molecule has 0 fully saturated rings. The highest BCUT2D eigenvalue weighted by molar-refractivity contribution is 5.72. The Morgan fingerprint density at radius 2 is 2.18 bits per heavy atom. The lowest BCUT2D eigenvalue weighted by atomic mass is 10.1. The fourth-order valence-corrected chi connectivity index (χ4v) is 1.35. The normalized spacial score (nSPS) is 10.7. The summed E-state index contributed by atoms with van der Waals surface area (Å²) in [6.07, 6.45) is -3.14. The molecule has 0 aliphatic rings. The van der Waals surface area contributed by atoms with Crippen molar-refractivity contribution in [2.45, 2.75) is 26.7 Å². The number of hydrogen-bond acceptors (Lipinski definition) is 3. The maximum absolute atomic E-state index is 13.3. The van der Waals surface area contributed by atoms with E-state index in [4.69, 9.17) is 0 Å². The van der Waals surface area contributed by atoms with E-state index in [1.54, 1.807) is 6.92 Å². The summed E-state index contributed by atoms with van der Waals surface area (Å²) in [5.74, 6) is -1.59. The van der Waals surface area contributed by atoms with E-state index >= 15 is 0 Å². The van der Waals surface area contributed by atoms with Gasteiger partial charge in [-0.1, -0.05) is 0 Å². The van der Waals surface area contributed by atoms with E-state index in [1.807, 2.05) is 0 Å². The topological polar surface area (TPSA) is 39.2 Å². The molecule has 1 aromatic heterocycles. The summed E-state index contributed by atoms with van der Waals surface area (Å²) >= 11 is 0. The highest BCUT2D eigenvalue weighted by Crippen LogP contribution is 2.23. The molecule has 0 aliphatic heterocycles. The predicted molar refractivity (Wildman–Crippen MR) is 54.2 cm³/mol. The van der Waals surface area contributed by atoms with Gasteiger partial charge in [0.2, 0.25) is 5.95 Å². The van der Waals surface area contributed by atoms with Crippen molar-refractivity contribution in [3.8, 4) is 0 Å². The Labute approximate surface area is 96.6 Å². The Hall–Kier alpha value is -1.59. The first kappa shape index (κ1) is 13.5. The van der Waals surface area contributed by atoms with Crippen LogP contribution in [-0.4, -0.2) is 17.6 Å². The fraction of sp³-hybridized carbons (Fsp3) is 0.455. The monoisotopic (exact) mass is 247 g/mol. The summed E-state index contributed by atoms with van der Waals surface area (Å²) in [6.45, 7) is 3.05. The highest BCUT2D eigenvalue weighted by Gasteiger charge is 2.18. The Bertz CT molecular complexity index is 421. The largest absolute Gasteiger partial charge is 0.466 e. The quantitative estimate of drug-likeness (QED) is 0.606. The number of ether oxygens (including phenoxy) is 1. The first-order valence-electron chi connectivity index (χ1n) is 5.05. The van der Waals surface area contributed by atoms with Crippen LogP contribution in [0.1, 0.15) is 30.2 Å². The third kappa shape index (κ3) is 3.44. The minimum absolute atomic E-state index is 0.0786. The van der Waals surface area contributed by atoms with Crippen LogP contribution in [0.3, 0.4) is 0 Å². The number of carbonyl (C=O) groups excluding carboxylic acids is 1. The first-order valence-corrected chi connectivity index (χ1v) is 5.05. The lowest BCUT2D eigenvalue weighted by Crippen LogP contribution is -2.11. The molecule has 0 aliphatic carbocycles. The zero-order valence-electron chi connectivity index (χ0n) is 9.47.